The number of nitrogens with one attached hydrogen (secondary N) is 1. The van der Waals surface area contributed by atoms with Crippen LogP contribution in [0.2, 0.25) is 5.02 Å². The first-order valence-corrected chi connectivity index (χ1v) is 10.5. The summed E-state index contributed by atoms with van der Waals surface area (Å²) in [7, 11) is -3.65. The molecule has 2 aromatic carbocycles. The Morgan fingerprint density at radius 1 is 1.15 bits per heavy atom. The van der Waals surface area contributed by atoms with Gasteiger partial charge in [-0.05, 0) is 48.4 Å². The van der Waals surface area contributed by atoms with Crippen LogP contribution in [0.25, 0.3) is 0 Å². The molecule has 1 heterocycles. The summed E-state index contributed by atoms with van der Waals surface area (Å²) in [5, 5.41) is 3.48. The van der Waals surface area contributed by atoms with Gasteiger partial charge in [-0.25, -0.2) is 12.7 Å². The standard InChI is InChI=1S/C19H19ClN2O4S/c1-13-12-27(25,26)22(19(13)24)17-8-4-15(5-9-17)18(23)21-11-10-14-2-6-16(20)7-3-14/h2-9,13H,10-12H2,1H3,(H,21,23)/t13-/m0/s1. The topological polar surface area (TPSA) is 83.6 Å². The van der Waals surface area contributed by atoms with Gasteiger partial charge in [0.2, 0.25) is 15.9 Å². The number of sulfonamides is 1. The van der Waals surface area contributed by atoms with Crippen LogP contribution in [0, 0.1) is 5.92 Å². The summed E-state index contributed by atoms with van der Waals surface area (Å²) in [4.78, 5) is 24.3. The summed E-state index contributed by atoms with van der Waals surface area (Å²) in [5.41, 5.74) is 1.70. The Balaban J connectivity index is 1.62. The minimum atomic E-state index is -3.65. The van der Waals surface area contributed by atoms with Crippen LogP contribution in [0.4, 0.5) is 5.69 Å². The van der Waals surface area contributed by atoms with Crippen molar-refractivity contribution in [2.24, 2.45) is 5.92 Å². The highest BCUT2D eigenvalue weighted by Gasteiger charge is 2.41. The van der Waals surface area contributed by atoms with Crippen LogP contribution in [0.3, 0.4) is 0 Å². The smallest absolute Gasteiger partial charge is 0.251 e. The molecule has 0 spiro atoms. The minimum Gasteiger partial charge on any atom is -0.352 e. The zero-order valence-corrected chi connectivity index (χ0v) is 16.3. The van der Waals surface area contributed by atoms with E-state index >= 15 is 0 Å². The Labute approximate surface area is 163 Å². The van der Waals surface area contributed by atoms with Crippen LogP contribution in [0.5, 0.6) is 0 Å². The highest BCUT2D eigenvalue weighted by Crippen LogP contribution is 2.28. The van der Waals surface area contributed by atoms with E-state index in [0.717, 1.165) is 9.87 Å². The number of hydrogen-bond acceptors (Lipinski definition) is 4. The van der Waals surface area contributed by atoms with Crippen LogP contribution >= 0.6 is 11.6 Å². The zero-order chi connectivity index (χ0) is 19.6. The summed E-state index contributed by atoms with van der Waals surface area (Å²) < 4.78 is 25.1. The van der Waals surface area contributed by atoms with Gasteiger partial charge in [-0.15, -0.1) is 0 Å². The molecule has 0 unspecified atom stereocenters. The second kappa shape index (κ2) is 7.70. The SMILES string of the molecule is C[C@H]1CS(=O)(=O)N(c2ccc(C(=O)NCCc3ccc(Cl)cc3)cc2)C1=O. The van der Waals surface area contributed by atoms with Gasteiger partial charge in [-0.1, -0.05) is 30.7 Å². The maximum absolute atomic E-state index is 12.2. The van der Waals surface area contributed by atoms with E-state index in [2.05, 4.69) is 5.32 Å². The monoisotopic (exact) mass is 406 g/mol. The fraction of sp³-hybridized carbons (Fsp3) is 0.263. The van der Waals surface area contributed by atoms with E-state index in [4.69, 9.17) is 11.6 Å². The molecule has 1 aliphatic heterocycles. The quantitative estimate of drug-likeness (QED) is 0.827. The predicted molar refractivity (Wildman–Crippen MR) is 104 cm³/mol. The zero-order valence-electron chi connectivity index (χ0n) is 14.7. The molecule has 3 rings (SSSR count). The van der Waals surface area contributed by atoms with E-state index in [0.29, 0.717) is 23.6 Å². The van der Waals surface area contributed by atoms with Crippen molar-refractivity contribution in [3.63, 3.8) is 0 Å². The second-order valence-electron chi connectivity index (χ2n) is 6.46. The third-order valence-electron chi connectivity index (χ3n) is 4.34. The number of benzene rings is 2. The van der Waals surface area contributed by atoms with Gasteiger partial charge >= 0.3 is 0 Å². The van der Waals surface area contributed by atoms with Gasteiger partial charge < -0.3 is 5.32 Å². The van der Waals surface area contributed by atoms with E-state index in [1.54, 1.807) is 19.1 Å². The lowest BCUT2D eigenvalue weighted by molar-refractivity contribution is -0.119. The Morgan fingerprint density at radius 3 is 2.33 bits per heavy atom. The first kappa shape index (κ1) is 19.4. The lowest BCUT2D eigenvalue weighted by Gasteiger charge is -2.15. The third kappa shape index (κ3) is 4.31. The number of carbonyl (C=O) groups is 2. The van der Waals surface area contributed by atoms with Crippen molar-refractivity contribution in [1.29, 1.82) is 0 Å². The molecule has 2 amide bonds. The van der Waals surface area contributed by atoms with Crippen LogP contribution < -0.4 is 9.62 Å². The van der Waals surface area contributed by atoms with Crippen molar-refractivity contribution in [2.45, 2.75) is 13.3 Å². The van der Waals surface area contributed by atoms with E-state index < -0.39 is 21.8 Å². The predicted octanol–water partition coefficient (Wildman–Crippen LogP) is 2.63. The molecule has 142 valence electrons. The molecule has 0 radical (unpaired) electrons. The number of hydrogen-bond donors (Lipinski definition) is 1. The fourth-order valence-corrected chi connectivity index (χ4v) is 4.86. The van der Waals surface area contributed by atoms with E-state index in [-0.39, 0.29) is 17.3 Å². The molecule has 8 heteroatoms. The summed E-state index contributed by atoms with van der Waals surface area (Å²) in [6, 6.07) is 13.4. The maximum Gasteiger partial charge on any atom is 0.251 e. The third-order valence-corrected chi connectivity index (χ3v) is 6.46. The first-order valence-electron chi connectivity index (χ1n) is 8.47. The lowest BCUT2D eigenvalue weighted by atomic mass is 10.1. The molecule has 0 bridgehead atoms. The number of carbonyl (C=O) groups excluding carboxylic acids is 2. The Hall–Kier alpha value is -2.38. The van der Waals surface area contributed by atoms with Gasteiger partial charge in [-0.3, -0.25) is 9.59 Å². The molecule has 1 saturated heterocycles. The first-order chi connectivity index (χ1) is 12.8. The Bertz CT molecular complexity index is 956. The van der Waals surface area contributed by atoms with E-state index in [1.807, 2.05) is 12.1 Å². The van der Waals surface area contributed by atoms with E-state index in [9.17, 15) is 18.0 Å². The van der Waals surface area contributed by atoms with Crippen molar-refractivity contribution in [1.82, 2.24) is 5.32 Å². The molecule has 1 N–H and O–H groups in total. The summed E-state index contributed by atoms with van der Waals surface area (Å²) in [6.45, 7) is 2.04. The van der Waals surface area contributed by atoms with Gasteiger partial charge in [0.05, 0.1) is 17.4 Å². The Morgan fingerprint density at radius 2 is 1.78 bits per heavy atom. The van der Waals surface area contributed by atoms with Gasteiger partial charge in [0.1, 0.15) is 0 Å². The molecule has 1 fully saturated rings. The molecule has 0 aromatic heterocycles. The van der Waals surface area contributed by atoms with Gasteiger partial charge in [0, 0.05) is 17.1 Å². The van der Waals surface area contributed by atoms with Crippen LogP contribution in [-0.4, -0.2) is 32.5 Å². The summed E-state index contributed by atoms with van der Waals surface area (Å²) >= 11 is 5.84. The summed E-state index contributed by atoms with van der Waals surface area (Å²) in [5.74, 6) is -1.47. The molecule has 6 nitrogen and oxygen atoms in total. The molecule has 2 aromatic rings. The van der Waals surface area contributed by atoms with E-state index in [1.165, 1.54) is 24.3 Å². The average Bonchev–Trinajstić information content (AvgIpc) is 2.84. The molecule has 1 aliphatic rings. The number of rotatable bonds is 5. The average molecular weight is 407 g/mol. The van der Waals surface area contributed by atoms with Crippen molar-refractivity contribution in [2.75, 3.05) is 16.6 Å². The normalized spacial score (nSPS) is 18.5. The highest BCUT2D eigenvalue weighted by atomic mass is 35.5. The van der Waals surface area contributed by atoms with Gasteiger partial charge in [0.25, 0.3) is 5.91 Å². The van der Waals surface area contributed by atoms with Crippen LogP contribution in [0.15, 0.2) is 48.5 Å². The lowest BCUT2D eigenvalue weighted by Crippen LogP contribution is -2.30. The summed E-state index contributed by atoms with van der Waals surface area (Å²) in [6.07, 6.45) is 0.666. The highest BCUT2D eigenvalue weighted by molar-refractivity contribution is 7.94. The minimum absolute atomic E-state index is 0.196. The van der Waals surface area contributed by atoms with Crippen LogP contribution in [0.1, 0.15) is 22.8 Å². The molecular formula is C19H19ClN2O4S. The number of nitrogens with zero attached hydrogens (tertiary/aromatic N) is 1. The Kier molecular flexibility index (Phi) is 5.53. The number of anilines is 1. The largest absolute Gasteiger partial charge is 0.352 e. The van der Waals surface area contributed by atoms with Gasteiger partial charge in [-0.2, -0.15) is 0 Å². The van der Waals surface area contributed by atoms with Crippen molar-refractivity contribution in [3.8, 4) is 0 Å². The molecule has 0 aliphatic carbocycles. The molecule has 0 saturated carbocycles. The van der Waals surface area contributed by atoms with Crippen molar-refractivity contribution < 1.29 is 18.0 Å². The van der Waals surface area contributed by atoms with Crippen LogP contribution in [-0.2, 0) is 21.2 Å². The second-order valence-corrected chi connectivity index (χ2v) is 8.76. The van der Waals surface area contributed by atoms with Crippen molar-refractivity contribution in [3.05, 3.63) is 64.7 Å². The molecule has 1 atom stereocenters. The fourth-order valence-electron chi connectivity index (χ4n) is 2.91. The van der Waals surface area contributed by atoms with Gasteiger partial charge in [0.15, 0.2) is 0 Å². The molecule has 27 heavy (non-hydrogen) atoms. The maximum atomic E-state index is 12.2. The number of amides is 2. The number of halogens is 1. The van der Waals surface area contributed by atoms with Crippen molar-refractivity contribution >= 4 is 39.1 Å². The molecular weight excluding hydrogens is 388 g/mol.